The molecule has 2 rings (SSSR count). The maximum Gasteiger partial charge on any atom is 0.229 e. The number of anilines is 1. The summed E-state index contributed by atoms with van der Waals surface area (Å²) in [6.45, 7) is 2.30. The molecule has 0 saturated carbocycles. The molecule has 2 aromatic rings. The second-order valence-electron chi connectivity index (χ2n) is 4.37. The molecule has 0 unspecified atom stereocenters. The van der Waals surface area contributed by atoms with E-state index in [9.17, 15) is 8.42 Å². The van der Waals surface area contributed by atoms with Gasteiger partial charge in [0.25, 0.3) is 0 Å². The van der Waals surface area contributed by atoms with E-state index in [2.05, 4.69) is 9.71 Å². The van der Waals surface area contributed by atoms with E-state index in [1.54, 1.807) is 36.7 Å². The minimum absolute atomic E-state index is 0.435. The van der Waals surface area contributed by atoms with Crippen molar-refractivity contribution in [3.63, 3.8) is 0 Å². The Morgan fingerprint density at radius 1 is 1.29 bits per heavy atom. The van der Waals surface area contributed by atoms with Gasteiger partial charge >= 0.3 is 0 Å². The number of nitrogens with zero attached hydrogens (tertiary/aromatic N) is 1. The maximum atomic E-state index is 11.3. The van der Waals surface area contributed by atoms with Crippen LogP contribution in [0.1, 0.15) is 6.92 Å². The first kappa shape index (κ1) is 15.6. The van der Waals surface area contributed by atoms with Gasteiger partial charge in [-0.3, -0.25) is 9.71 Å². The van der Waals surface area contributed by atoms with E-state index in [0.717, 1.165) is 17.4 Å². The second-order valence-corrected chi connectivity index (χ2v) is 6.53. The molecule has 0 amide bonds. The summed E-state index contributed by atoms with van der Waals surface area (Å²) in [7, 11) is -3.34. The molecule has 21 heavy (non-hydrogen) atoms. The first-order chi connectivity index (χ1) is 9.90. The van der Waals surface area contributed by atoms with Gasteiger partial charge in [0.1, 0.15) is 5.75 Å². The Morgan fingerprint density at radius 2 is 2.05 bits per heavy atom. The molecule has 112 valence electrons. The van der Waals surface area contributed by atoms with Crippen molar-refractivity contribution in [2.45, 2.75) is 6.92 Å². The highest BCUT2D eigenvalue weighted by molar-refractivity contribution is 7.92. The van der Waals surface area contributed by atoms with E-state index in [4.69, 9.17) is 16.3 Å². The molecule has 7 heteroatoms. The Hall–Kier alpha value is -1.79. The minimum Gasteiger partial charge on any atom is -0.493 e. The Kier molecular flexibility index (Phi) is 4.69. The SMILES string of the molecule is CCOc1cc(NS(C)(=O)=O)ccc1-c1cnccc1Cl. The summed E-state index contributed by atoms with van der Waals surface area (Å²) in [5.41, 5.74) is 1.92. The first-order valence-corrected chi connectivity index (χ1v) is 8.52. The van der Waals surface area contributed by atoms with Gasteiger partial charge in [-0.1, -0.05) is 11.6 Å². The number of sulfonamides is 1. The molecule has 5 nitrogen and oxygen atoms in total. The molecule has 0 fully saturated rings. The zero-order valence-electron chi connectivity index (χ0n) is 11.6. The van der Waals surface area contributed by atoms with Crippen molar-refractivity contribution < 1.29 is 13.2 Å². The second kappa shape index (κ2) is 6.32. The van der Waals surface area contributed by atoms with Gasteiger partial charge in [-0.25, -0.2) is 8.42 Å². The summed E-state index contributed by atoms with van der Waals surface area (Å²) in [6, 6.07) is 6.72. The zero-order chi connectivity index (χ0) is 15.5. The highest BCUT2D eigenvalue weighted by Crippen LogP contribution is 2.36. The van der Waals surface area contributed by atoms with Gasteiger partial charge < -0.3 is 4.74 Å². The number of rotatable bonds is 5. The third-order valence-electron chi connectivity index (χ3n) is 2.64. The average Bonchev–Trinajstić information content (AvgIpc) is 2.39. The van der Waals surface area contributed by atoms with Crippen LogP contribution in [0.5, 0.6) is 5.75 Å². The predicted molar refractivity (Wildman–Crippen MR) is 84.3 cm³/mol. The predicted octanol–water partition coefficient (Wildman–Crippen LogP) is 3.17. The van der Waals surface area contributed by atoms with Crippen molar-refractivity contribution >= 4 is 27.3 Å². The largest absolute Gasteiger partial charge is 0.493 e. The molecule has 0 radical (unpaired) electrons. The summed E-state index contributed by atoms with van der Waals surface area (Å²) in [4.78, 5) is 4.05. The highest BCUT2D eigenvalue weighted by Gasteiger charge is 2.12. The molecule has 0 saturated heterocycles. The molecule has 0 atom stereocenters. The van der Waals surface area contributed by atoms with Crippen LogP contribution in [-0.2, 0) is 10.0 Å². The van der Waals surface area contributed by atoms with Gasteiger partial charge in [0, 0.05) is 29.6 Å². The van der Waals surface area contributed by atoms with E-state index in [1.807, 2.05) is 6.92 Å². The van der Waals surface area contributed by atoms with Crippen LogP contribution in [0.15, 0.2) is 36.7 Å². The van der Waals surface area contributed by atoms with Crippen LogP contribution in [0, 0.1) is 0 Å². The topological polar surface area (TPSA) is 68.3 Å². The van der Waals surface area contributed by atoms with E-state index < -0.39 is 10.0 Å². The van der Waals surface area contributed by atoms with Crippen LogP contribution in [0.3, 0.4) is 0 Å². The number of pyridine rings is 1. The van der Waals surface area contributed by atoms with Gasteiger partial charge in [0.2, 0.25) is 10.0 Å². The summed E-state index contributed by atoms with van der Waals surface area (Å²) < 4.78 is 30.6. The van der Waals surface area contributed by atoms with Gasteiger partial charge in [0.05, 0.1) is 23.6 Å². The number of hydrogen-bond donors (Lipinski definition) is 1. The highest BCUT2D eigenvalue weighted by atomic mass is 35.5. The standard InChI is InChI=1S/C14H15ClN2O3S/c1-3-20-14-8-10(17-21(2,18)19)4-5-11(14)12-9-16-7-6-13(12)15/h4-9,17H,3H2,1-2H3. The van der Waals surface area contributed by atoms with Crippen molar-refractivity contribution in [1.29, 1.82) is 0 Å². The number of nitrogens with one attached hydrogen (secondary N) is 1. The van der Waals surface area contributed by atoms with Crippen molar-refractivity contribution in [2.24, 2.45) is 0 Å². The van der Waals surface area contributed by atoms with E-state index in [-0.39, 0.29) is 0 Å². The lowest BCUT2D eigenvalue weighted by Gasteiger charge is -2.13. The molecule has 1 N–H and O–H groups in total. The molecular formula is C14H15ClN2O3S. The van der Waals surface area contributed by atoms with Crippen LogP contribution < -0.4 is 9.46 Å². The lowest BCUT2D eigenvalue weighted by molar-refractivity contribution is 0.342. The third kappa shape index (κ3) is 4.09. The lowest BCUT2D eigenvalue weighted by atomic mass is 10.1. The molecule has 0 aliphatic heterocycles. The Labute approximate surface area is 129 Å². The van der Waals surface area contributed by atoms with E-state index in [1.165, 1.54) is 0 Å². The Morgan fingerprint density at radius 3 is 2.67 bits per heavy atom. The van der Waals surface area contributed by atoms with Crippen LogP contribution >= 0.6 is 11.6 Å². The Balaban J connectivity index is 2.50. The van der Waals surface area contributed by atoms with Gasteiger partial charge in [-0.15, -0.1) is 0 Å². The average molecular weight is 327 g/mol. The van der Waals surface area contributed by atoms with E-state index >= 15 is 0 Å². The molecule has 1 heterocycles. The van der Waals surface area contributed by atoms with Crippen LogP contribution in [0.4, 0.5) is 5.69 Å². The molecule has 0 aliphatic carbocycles. The van der Waals surface area contributed by atoms with Gasteiger partial charge in [-0.2, -0.15) is 0 Å². The minimum atomic E-state index is -3.34. The zero-order valence-corrected chi connectivity index (χ0v) is 13.2. The van der Waals surface area contributed by atoms with Crippen molar-refractivity contribution in [2.75, 3.05) is 17.6 Å². The molecule has 0 aliphatic rings. The fraction of sp³-hybridized carbons (Fsp3) is 0.214. The maximum absolute atomic E-state index is 11.3. The normalized spacial score (nSPS) is 11.2. The number of aromatic nitrogens is 1. The van der Waals surface area contributed by atoms with Crippen molar-refractivity contribution in [3.8, 4) is 16.9 Å². The van der Waals surface area contributed by atoms with Gasteiger partial charge in [0.15, 0.2) is 0 Å². The fourth-order valence-electron chi connectivity index (χ4n) is 1.87. The van der Waals surface area contributed by atoms with Crippen LogP contribution in [0.25, 0.3) is 11.1 Å². The first-order valence-electron chi connectivity index (χ1n) is 6.25. The number of halogens is 1. The molecular weight excluding hydrogens is 312 g/mol. The van der Waals surface area contributed by atoms with Crippen molar-refractivity contribution in [3.05, 3.63) is 41.7 Å². The quantitative estimate of drug-likeness (QED) is 0.916. The monoisotopic (exact) mass is 326 g/mol. The molecule has 0 bridgehead atoms. The summed E-state index contributed by atoms with van der Waals surface area (Å²) in [5.74, 6) is 0.543. The summed E-state index contributed by atoms with van der Waals surface area (Å²) in [5, 5.41) is 0.551. The summed E-state index contributed by atoms with van der Waals surface area (Å²) >= 11 is 6.17. The van der Waals surface area contributed by atoms with E-state index in [0.29, 0.717) is 23.1 Å². The smallest absolute Gasteiger partial charge is 0.229 e. The van der Waals surface area contributed by atoms with Crippen LogP contribution in [0.2, 0.25) is 5.02 Å². The number of benzene rings is 1. The number of hydrogen-bond acceptors (Lipinski definition) is 4. The van der Waals surface area contributed by atoms with Crippen LogP contribution in [-0.4, -0.2) is 26.3 Å². The summed E-state index contributed by atoms with van der Waals surface area (Å²) in [6.07, 6.45) is 4.34. The molecule has 1 aromatic carbocycles. The number of ether oxygens (including phenoxy) is 1. The van der Waals surface area contributed by atoms with Gasteiger partial charge in [-0.05, 0) is 25.1 Å². The fourth-order valence-corrected chi connectivity index (χ4v) is 2.64. The molecule has 1 aromatic heterocycles. The third-order valence-corrected chi connectivity index (χ3v) is 3.58. The lowest BCUT2D eigenvalue weighted by Crippen LogP contribution is -2.09. The molecule has 0 spiro atoms. The van der Waals surface area contributed by atoms with Crippen molar-refractivity contribution in [1.82, 2.24) is 4.98 Å². The Bertz CT molecular complexity index is 748.